The van der Waals surface area contributed by atoms with E-state index in [1.54, 1.807) is 0 Å². The van der Waals surface area contributed by atoms with E-state index in [9.17, 15) is 52.8 Å². The first-order valence-corrected chi connectivity index (χ1v) is 9.00. The average Bonchev–Trinajstić information content (AvgIpc) is 2.38. The van der Waals surface area contributed by atoms with Gasteiger partial charge in [-0.1, -0.05) is 0 Å². The van der Waals surface area contributed by atoms with E-state index >= 15 is 0 Å². The molecule has 154 valence electrons. The van der Waals surface area contributed by atoms with Gasteiger partial charge in [0.25, 0.3) is 0 Å². The molecule has 0 aliphatic rings. The summed E-state index contributed by atoms with van der Waals surface area (Å²) in [5, 5.41) is 0. The van der Waals surface area contributed by atoms with Gasteiger partial charge in [0.15, 0.2) is 0 Å². The molecule has 2 amide bonds. The van der Waals surface area contributed by atoms with Crippen LogP contribution in [0, 0.1) is 11.8 Å². The molecule has 2 unspecified atom stereocenters. The second-order valence-electron chi connectivity index (χ2n) is 4.61. The number of amides is 2. The molecule has 0 saturated heterocycles. The first-order chi connectivity index (χ1) is 11.3. The summed E-state index contributed by atoms with van der Waals surface area (Å²) in [5.41, 5.74) is -2.04. The van der Waals surface area contributed by atoms with Crippen molar-refractivity contribution in [2.24, 2.45) is 23.3 Å². The molecule has 18 heteroatoms. The summed E-state index contributed by atoms with van der Waals surface area (Å²) >= 11 is 0. The predicted molar refractivity (Wildman–Crippen MR) is 71.3 cm³/mol. The maximum Gasteiger partial charge on any atom is 0.511 e. The Hall–Kier alpha value is -1.66. The van der Waals surface area contributed by atoms with Crippen molar-refractivity contribution in [1.29, 1.82) is 0 Å². The van der Waals surface area contributed by atoms with E-state index in [1.807, 2.05) is 0 Å². The van der Waals surface area contributed by atoms with Crippen molar-refractivity contribution in [2.75, 3.05) is 13.1 Å². The molecule has 0 aliphatic heterocycles. The Morgan fingerprint density at radius 2 is 0.962 bits per heavy atom. The lowest BCUT2D eigenvalue weighted by Crippen LogP contribution is -2.51. The third kappa shape index (κ3) is 6.25. The molecular weight excluding hydrogens is 426 g/mol. The summed E-state index contributed by atoms with van der Waals surface area (Å²) in [6.07, 6.45) is 0. The van der Waals surface area contributed by atoms with E-state index in [0.717, 1.165) is 9.44 Å². The zero-order chi connectivity index (χ0) is 21.1. The zero-order valence-corrected chi connectivity index (χ0v) is 13.9. The number of sulfonamides is 2. The summed E-state index contributed by atoms with van der Waals surface area (Å²) in [5.74, 6) is -7.60. The molecule has 0 fully saturated rings. The lowest BCUT2D eigenvalue weighted by Gasteiger charge is -2.23. The first-order valence-electron chi connectivity index (χ1n) is 6.04. The third-order valence-corrected chi connectivity index (χ3v) is 5.12. The van der Waals surface area contributed by atoms with Crippen LogP contribution < -0.4 is 20.9 Å². The van der Waals surface area contributed by atoms with Gasteiger partial charge in [-0.15, -0.1) is 0 Å². The summed E-state index contributed by atoms with van der Waals surface area (Å²) in [4.78, 5) is 22.5. The predicted octanol–water partition coefficient (Wildman–Crippen LogP) is -1.93. The highest BCUT2D eigenvalue weighted by Gasteiger charge is 2.48. The number of hydrogen-bond acceptors (Lipinski definition) is 6. The van der Waals surface area contributed by atoms with E-state index < -0.39 is 67.8 Å². The number of rotatable bonds is 9. The molecule has 0 aromatic rings. The van der Waals surface area contributed by atoms with Gasteiger partial charge in [-0.25, -0.2) is 26.3 Å². The molecule has 26 heavy (non-hydrogen) atoms. The highest BCUT2D eigenvalue weighted by atomic mass is 32.2. The Kier molecular flexibility index (Phi) is 7.42. The van der Waals surface area contributed by atoms with Crippen molar-refractivity contribution in [3.63, 3.8) is 0 Å². The first kappa shape index (κ1) is 24.3. The van der Waals surface area contributed by atoms with Crippen LogP contribution in [0.15, 0.2) is 0 Å². The molecule has 2 atom stereocenters. The van der Waals surface area contributed by atoms with Crippen LogP contribution in [0.2, 0.25) is 0 Å². The highest BCUT2D eigenvalue weighted by Crippen LogP contribution is 2.24. The van der Waals surface area contributed by atoms with Crippen molar-refractivity contribution in [1.82, 2.24) is 9.44 Å². The van der Waals surface area contributed by atoms with Crippen molar-refractivity contribution < 1.29 is 52.8 Å². The summed E-state index contributed by atoms with van der Waals surface area (Å²) < 4.78 is 118. The number of carbonyl (C=O) groups excluding carboxylic acids is 2. The fourth-order valence-electron chi connectivity index (χ4n) is 1.44. The van der Waals surface area contributed by atoms with Gasteiger partial charge in [-0.05, 0) is 0 Å². The van der Waals surface area contributed by atoms with E-state index in [0.29, 0.717) is 0 Å². The molecule has 0 radical (unpaired) electrons. The average molecular weight is 438 g/mol. The van der Waals surface area contributed by atoms with Crippen LogP contribution in [0.1, 0.15) is 0 Å². The maximum atomic E-state index is 12.2. The molecule has 0 heterocycles. The Bertz CT molecular complexity index is 682. The normalized spacial score (nSPS) is 16.1. The number of primary amides is 2. The monoisotopic (exact) mass is 438 g/mol. The number of hydrogen-bond donors (Lipinski definition) is 4. The molecule has 0 rings (SSSR count). The lowest BCUT2D eigenvalue weighted by atomic mass is 9.91. The van der Waals surface area contributed by atoms with Crippen LogP contribution >= 0.6 is 0 Å². The number of nitrogens with one attached hydrogen (secondary N) is 2. The largest absolute Gasteiger partial charge is 0.511 e. The van der Waals surface area contributed by atoms with Crippen LogP contribution in [0.5, 0.6) is 0 Å². The SMILES string of the molecule is NC(=O)C(CNS(=O)(=O)C(F)(F)F)C(CNS(=O)(=O)C(F)(F)F)C(N)=O. The molecule has 0 aromatic carbocycles. The molecule has 0 aromatic heterocycles. The van der Waals surface area contributed by atoms with Gasteiger partial charge in [0.05, 0.1) is 11.8 Å². The highest BCUT2D eigenvalue weighted by molar-refractivity contribution is 7.90. The second kappa shape index (κ2) is 7.92. The van der Waals surface area contributed by atoms with Gasteiger partial charge in [-0.2, -0.15) is 26.3 Å². The van der Waals surface area contributed by atoms with E-state index in [-0.39, 0.29) is 0 Å². The Morgan fingerprint density at radius 1 is 0.731 bits per heavy atom. The van der Waals surface area contributed by atoms with Crippen LogP contribution in [-0.4, -0.2) is 52.8 Å². The topological polar surface area (TPSA) is 179 Å². The number of alkyl halides is 6. The van der Waals surface area contributed by atoms with E-state index in [4.69, 9.17) is 11.5 Å². The van der Waals surface area contributed by atoms with Crippen molar-refractivity contribution >= 4 is 31.9 Å². The number of nitrogens with two attached hydrogens (primary N) is 2. The Labute approximate surface area is 142 Å². The maximum absolute atomic E-state index is 12.2. The fourth-order valence-corrected chi connectivity index (χ4v) is 2.57. The smallest absolute Gasteiger partial charge is 0.369 e. The van der Waals surface area contributed by atoms with Gasteiger partial charge in [0.1, 0.15) is 0 Å². The third-order valence-electron chi connectivity index (χ3n) is 2.81. The van der Waals surface area contributed by atoms with Gasteiger partial charge in [0.2, 0.25) is 11.8 Å². The van der Waals surface area contributed by atoms with E-state index in [1.165, 1.54) is 0 Å². The van der Waals surface area contributed by atoms with Crippen LogP contribution in [0.25, 0.3) is 0 Å². The zero-order valence-electron chi connectivity index (χ0n) is 12.3. The van der Waals surface area contributed by atoms with Crippen LogP contribution in [0.4, 0.5) is 26.3 Å². The minimum Gasteiger partial charge on any atom is -0.369 e. The molecule has 0 aliphatic carbocycles. The molecule has 6 N–H and O–H groups in total. The molecule has 10 nitrogen and oxygen atoms in total. The van der Waals surface area contributed by atoms with Gasteiger partial charge >= 0.3 is 31.1 Å². The summed E-state index contributed by atoms with van der Waals surface area (Å²) in [6.45, 7) is -2.95. The van der Waals surface area contributed by atoms with Crippen LogP contribution in [0.3, 0.4) is 0 Å². The fraction of sp³-hybridized carbons (Fsp3) is 0.750. The molecule has 0 spiro atoms. The summed E-state index contributed by atoms with van der Waals surface area (Å²) in [6, 6.07) is 0. The number of carbonyl (C=O) groups is 2. The van der Waals surface area contributed by atoms with Gasteiger partial charge < -0.3 is 11.5 Å². The van der Waals surface area contributed by atoms with Crippen LogP contribution in [-0.2, 0) is 29.6 Å². The minimum absolute atomic E-state index is 0.882. The molecule has 0 bridgehead atoms. The minimum atomic E-state index is -5.98. The van der Waals surface area contributed by atoms with E-state index in [2.05, 4.69) is 0 Å². The van der Waals surface area contributed by atoms with Crippen molar-refractivity contribution in [3.05, 3.63) is 0 Å². The quantitative estimate of drug-likeness (QED) is 0.304. The van der Waals surface area contributed by atoms with Crippen molar-refractivity contribution in [2.45, 2.75) is 11.0 Å². The van der Waals surface area contributed by atoms with Crippen molar-refractivity contribution in [3.8, 4) is 0 Å². The Balaban J connectivity index is 5.46. The molecular formula is C8H12F6N4O6S2. The van der Waals surface area contributed by atoms with Gasteiger partial charge in [-0.3, -0.25) is 9.59 Å². The van der Waals surface area contributed by atoms with Gasteiger partial charge in [0, 0.05) is 13.1 Å². The Morgan fingerprint density at radius 3 is 1.12 bits per heavy atom. The lowest BCUT2D eigenvalue weighted by molar-refractivity contribution is -0.131. The number of halogens is 6. The standard InChI is InChI=1S/C8H12F6N4O6S2/c9-7(10,11)25(21,22)17-1-3(5(15)19)4(6(16)20)2-18-26(23,24)8(12,13)14/h3-4,17-18H,1-2H2,(H2,15,19)(H2,16,20). The second-order valence-corrected chi connectivity index (χ2v) is 8.13. The molecule has 0 saturated carbocycles. The summed E-state index contributed by atoms with van der Waals surface area (Å²) in [7, 11) is -12.0.